The average Bonchev–Trinajstić information content (AvgIpc) is 3.21. The molecule has 1 aliphatic carbocycles. The summed E-state index contributed by atoms with van der Waals surface area (Å²) in [5.41, 5.74) is 1.28. The highest BCUT2D eigenvalue weighted by molar-refractivity contribution is 6.30. The molecule has 0 amide bonds. The van der Waals surface area contributed by atoms with Crippen molar-refractivity contribution in [2.24, 2.45) is 5.92 Å². The Morgan fingerprint density at radius 2 is 2.11 bits per heavy atom. The lowest BCUT2D eigenvalue weighted by Gasteiger charge is -2.26. The van der Waals surface area contributed by atoms with Gasteiger partial charge in [0.05, 0.1) is 0 Å². The third-order valence-corrected chi connectivity index (χ3v) is 4.49. The molecule has 0 bridgehead atoms. The lowest BCUT2D eigenvalue weighted by atomic mass is 10.1. The van der Waals surface area contributed by atoms with E-state index in [0.29, 0.717) is 12.1 Å². The molecule has 1 aliphatic rings. The summed E-state index contributed by atoms with van der Waals surface area (Å²) in [5, 5.41) is 4.44. The number of nitrogens with one attached hydrogen (secondary N) is 1. The molecule has 0 spiro atoms. The summed E-state index contributed by atoms with van der Waals surface area (Å²) >= 11 is 6.05. The highest BCUT2D eigenvalue weighted by Crippen LogP contribution is 2.32. The molecule has 2 nitrogen and oxygen atoms in total. The van der Waals surface area contributed by atoms with Gasteiger partial charge in [0.15, 0.2) is 0 Å². The van der Waals surface area contributed by atoms with Crippen LogP contribution in [0.5, 0.6) is 0 Å². The van der Waals surface area contributed by atoms with Crippen molar-refractivity contribution in [3.8, 4) is 0 Å². The molecule has 0 aliphatic heterocycles. The second-order valence-electron chi connectivity index (χ2n) is 5.79. The summed E-state index contributed by atoms with van der Waals surface area (Å²) in [6.45, 7) is 6.65. The van der Waals surface area contributed by atoms with Crippen molar-refractivity contribution in [3.05, 3.63) is 34.9 Å². The summed E-state index contributed by atoms with van der Waals surface area (Å²) in [4.78, 5) is 2.37. The maximum Gasteiger partial charge on any atom is 0.0409 e. The van der Waals surface area contributed by atoms with Crippen molar-refractivity contribution < 1.29 is 0 Å². The van der Waals surface area contributed by atoms with Gasteiger partial charge in [0.1, 0.15) is 0 Å². The molecule has 2 rings (SSSR count). The number of nitrogens with zero attached hydrogens (tertiary/aromatic N) is 1. The molecule has 1 N–H and O–H groups in total. The fourth-order valence-corrected chi connectivity index (χ4v) is 2.64. The van der Waals surface area contributed by atoms with Gasteiger partial charge in [-0.1, -0.05) is 23.7 Å². The number of halogens is 1. The minimum absolute atomic E-state index is 0.400. The van der Waals surface area contributed by atoms with Crippen LogP contribution >= 0.6 is 11.6 Å². The standard InChI is InChI=1S/C16H25ClN2/c1-12(14-7-8-14)18-9-10-19(3)13(2)15-5-4-6-16(17)11-15/h4-6,11-14,18H,7-10H2,1-3H3. The molecule has 1 aromatic rings. The summed E-state index contributed by atoms with van der Waals surface area (Å²) in [7, 11) is 2.18. The Morgan fingerprint density at radius 1 is 1.37 bits per heavy atom. The van der Waals surface area contributed by atoms with Gasteiger partial charge >= 0.3 is 0 Å². The quantitative estimate of drug-likeness (QED) is 0.819. The van der Waals surface area contributed by atoms with Crippen molar-refractivity contribution in [2.45, 2.75) is 38.8 Å². The van der Waals surface area contributed by atoms with Crippen LogP contribution in [0.1, 0.15) is 38.3 Å². The van der Waals surface area contributed by atoms with Crippen LogP contribution in [0.4, 0.5) is 0 Å². The largest absolute Gasteiger partial charge is 0.313 e. The Kier molecular flexibility index (Phi) is 5.26. The first kappa shape index (κ1) is 14.8. The first-order valence-corrected chi connectivity index (χ1v) is 7.65. The second-order valence-corrected chi connectivity index (χ2v) is 6.23. The molecular formula is C16H25ClN2. The van der Waals surface area contributed by atoms with Crippen LogP contribution < -0.4 is 5.32 Å². The Hall–Kier alpha value is -0.570. The third-order valence-electron chi connectivity index (χ3n) is 4.25. The number of hydrogen-bond donors (Lipinski definition) is 1. The van der Waals surface area contributed by atoms with E-state index in [0.717, 1.165) is 24.0 Å². The molecule has 106 valence electrons. The first-order valence-electron chi connectivity index (χ1n) is 7.27. The van der Waals surface area contributed by atoms with Crippen LogP contribution in [0, 0.1) is 5.92 Å². The first-order chi connectivity index (χ1) is 9.08. The van der Waals surface area contributed by atoms with Gasteiger partial charge in [-0.2, -0.15) is 0 Å². The van der Waals surface area contributed by atoms with E-state index in [-0.39, 0.29) is 0 Å². The van der Waals surface area contributed by atoms with Crippen LogP contribution in [0.25, 0.3) is 0 Å². The van der Waals surface area contributed by atoms with Gasteiger partial charge in [-0.25, -0.2) is 0 Å². The van der Waals surface area contributed by atoms with Crippen molar-refractivity contribution >= 4 is 11.6 Å². The van der Waals surface area contributed by atoms with E-state index in [9.17, 15) is 0 Å². The normalized spacial score (nSPS) is 18.6. The number of likely N-dealkylation sites (N-methyl/N-ethyl adjacent to an activating group) is 1. The molecular weight excluding hydrogens is 256 g/mol. The topological polar surface area (TPSA) is 15.3 Å². The molecule has 2 atom stereocenters. The van der Waals surface area contributed by atoms with Gasteiger partial charge in [-0.15, -0.1) is 0 Å². The van der Waals surface area contributed by atoms with Crippen molar-refractivity contribution in [1.82, 2.24) is 10.2 Å². The van der Waals surface area contributed by atoms with E-state index in [1.54, 1.807) is 0 Å². The molecule has 0 aromatic heterocycles. The average molecular weight is 281 g/mol. The zero-order valence-electron chi connectivity index (χ0n) is 12.2. The monoisotopic (exact) mass is 280 g/mol. The number of hydrogen-bond acceptors (Lipinski definition) is 2. The number of rotatable bonds is 7. The molecule has 19 heavy (non-hydrogen) atoms. The van der Waals surface area contributed by atoms with Crippen molar-refractivity contribution in [1.29, 1.82) is 0 Å². The van der Waals surface area contributed by atoms with E-state index in [1.165, 1.54) is 18.4 Å². The highest BCUT2D eigenvalue weighted by Gasteiger charge is 2.27. The maximum atomic E-state index is 6.05. The Balaban J connectivity index is 1.76. The lowest BCUT2D eigenvalue weighted by Crippen LogP contribution is -2.36. The van der Waals surface area contributed by atoms with Gasteiger partial charge in [0.2, 0.25) is 0 Å². The van der Waals surface area contributed by atoms with E-state index in [1.807, 2.05) is 12.1 Å². The Labute approximate surface area is 122 Å². The van der Waals surface area contributed by atoms with Gasteiger partial charge < -0.3 is 5.32 Å². The maximum absolute atomic E-state index is 6.05. The van der Waals surface area contributed by atoms with E-state index < -0.39 is 0 Å². The Morgan fingerprint density at radius 3 is 2.74 bits per heavy atom. The molecule has 1 saturated carbocycles. The molecule has 0 heterocycles. The third kappa shape index (κ3) is 4.48. The summed E-state index contributed by atoms with van der Waals surface area (Å²) in [6.07, 6.45) is 2.81. The summed E-state index contributed by atoms with van der Waals surface area (Å²) < 4.78 is 0. The second kappa shape index (κ2) is 6.74. The lowest BCUT2D eigenvalue weighted by molar-refractivity contribution is 0.256. The zero-order chi connectivity index (χ0) is 13.8. The van der Waals surface area contributed by atoms with Gasteiger partial charge in [0.25, 0.3) is 0 Å². The predicted octanol–water partition coefficient (Wildman–Crippen LogP) is 3.72. The van der Waals surface area contributed by atoms with Crippen LogP contribution in [0.15, 0.2) is 24.3 Å². The number of benzene rings is 1. The minimum atomic E-state index is 0.400. The summed E-state index contributed by atoms with van der Waals surface area (Å²) in [5.74, 6) is 0.927. The van der Waals surface area contributed by atoms with Gasteiger partial charge in [-0.05, 0) is 57.4 Å². The highest BCUT2D eigenvalue weighted by atomic mass is 35.5. The van der Waals surface area contributed by atoms with E-state index >= 15 is 0 Å². The van der Waals surface area contributed by atoms with Crippen LogP contribution in [-0.4, -0.2) is 31.1 Å². The van der Waals surface area contributed by atoms with Crippen LogP contribution in [-0.2, 0) is 0 Å². The van der Waals surface area contributed by atoms with Crippen molar-refractivity contribution in [2.75, 3.05) is 20.1 Å². The molecule has 3 heteroatoms. The van der Waals surface area contributed by atoms with Gasteiger partial charge in [-0.3, -0.25) is 4.90 Å². The fraction of sp³-hybridized carbons (Fsp3) is 0.625. The fourth-order valence-electron chi connectivity index (χ4n) is 2.45. The molecule has 1 fully saturated rings. The van der Waals surface area contributed by atoms with E-state index in [2.05, 4.69) is 43.2 Å². The zero-order valence-corrected chi connectivity index (χ0v) is 13.0. The molecule has 2 unspecified atom stereocenters. The van der Waals surface area contributed by atoms with Gasteiger partial charge in [0, 0.05) is 30.2 Å². The molecule has 0 saturated heterocycles. The van der Waals surface area contributed by atoms with Crippen LogP contribution in [0.3, 0.4) is 0 Å². The summed E-state index contributed by atoms with van der Waals surface area (Å²) in [6, 6.07) is 9.23. The Bertz CT molecular complexity index is 403. The van der Waals surface area contributed by atoms with Crippen molar-refractivity contribution in [3.63, 3.8) is 0 Å². The van der Waals surface area contributed by atoms with E-state index in [4.69, 9.17) is 11.6 Å². The van der Waals surface area contributed by atoms with Crippen LogP contribution in [0.2, 0.25) is 5.02 Å². The molecule has 1 aromatic carbocycles. The SMILES string of the molecule is CC(NCCN(C)C(C)c1cccc(Cl)c1)C1CC1. The smallest absolute Gasteiger partial charge is 0.0409 e. The molecule has 0 radical (unpaired) electrons. The minimum Gasteiger partial charge on any atom is -0.313 e. The predicted molar refractivity (Wildman–Crippen MR) is 82.7 cm³/mol.